The Kier molecular flexibility index (Phi) is 8.44. The lowest BCUT2D eigenvalue weighted by molar-refractivity contribution is -0.114. The highest BCUT2D eigenvalue weighted by Gasteiger charge is 2.19. The Morgan fingerprint density at radius 2 is 2.04 bits per heavy atom. The van der Waals surface area contributed by atoms with Crippen LogP contribution in [0, 0.1) is 0 Å². The van der Waals surface area contributed by atoms with E-state index < -0.39 is 0 Å². The van der Waals surface area contributed by atoms with Crippen LogP contribution in [0.15, 0.2) is 41.8 Å². The van der Waals surface area contributed by atoms with Crippen LogP contribution in [-0.4, -0.2) is 49.6 Å². The third-order valence-corrected chi connectivity index (χ3v) is 5.75. The van der Waals surface area contributed by atoms with E-state index in [9.17, 15) is 4.79 Å². The molecule has 5 nitrogen and oxygen atoms in total. The molecule has 8 heteroatoms. The fourth-order valence-corrected chi connectivity index (χ4v) is 4.16. The van der Waals surface area contributed by atoms with Crippen molar-refractivity contribution in [2.75, 3.05) is 38.7 Å². The zero-order valence-electron chi connectivity index (χ0n) is 16.1. The van der Waals surface area contributed by atoms with Crippen LogP contribution in [0.5, 0.6) is 5.75 Å². The van der Waals surface area contributed by atoms with Gasteiger partial charge in [0.25, 0.3) is 5.91 Å². The molecule has 28 heavy (non-hydrogen) atoms. The Morgan fingerprint density at radius 3 is 2.71 bits per heavy atom. The van der Waals surface area contributed by atoms with Gasteiger partial charge in [-0.25, -0.2) is 4.98 Å². The van der Waals surface area contributed by atoms with Crippen molar-refractivity contribution in [1.82, 2.24) is 9.88 Å². The number of fused-ring (bicyclic) bond motifs is 1. The molecular formula is C20H24ClN3O2S2. The van der Waals surface area contributed by atoms with Gasteiger partial charge < -0.3 is 9.64 Å². The lowest BCUT2D eigenvalue weighted by Gasteiger charge is -2.20. The largest absolute Gasteiger partial charge is 0.492 e. The first-order valence-electron chi connectivity index (χ1n) is 8.78. The van der Waals surface area contributed by atoms with Crippen molar-refractivity contribution in [3.05, 3.63) is 46.7 Å². The first kappa shape index (κ1) is 22.4. The molecule has 0 bridgehead atoms. The van der Waals surface area contributed by atoms with E-state index in [1.165, 1.54) is 11.3 Å². The Balaban J connectivity index is 0.00000280. The zero-order valence-corrected chi connectivity index (χ0v) is 18.6. The van der Waals surface area contributed by atoms with E-state index in [0.29, 0.717) is 18.3 Å². The predicted octanol–water partition coefficient (Wildman–Crippen LogP) is 4.79. The minimum absolute atomic E-state index is 0. The number of likely N-dealkylation sites (N-methyl/N-ethyl adjacent to an activating group) is 1. The molecule has 0 saturated carbocycles. The van der Waals surface area contributed by atoms with Gasteiger partial charge in [0, 0.05) is 24.0 Å². The second-order valence-corrected chi connectivity index (χ2v) is 8.16. The van der Waals surface area contributed by atoms with Gasteiger partial charge in [0.15, 0.2) is 5.13 Å². The van der Waals surface area contributed by atoms with E-state index in [2.05, 4.69) is 4.90 Å². The first-order valence-corrected chi connectivity index (χ1v) is 10.5. The number of halogens is 1. The molecule has 2 heterocycles. The highest BCUT2D eigenvalue weighted by molar-refractivity contribution is 7.22. The van der Waals surface area contributed by atoms with Gasteiger partial charge in [-0.15, -0.1) is 23.7 Å². The normalized spacial score (nSPS) is 11.1. The highest BCUT2D eigenvalue weighted by atomic mass is 35.5. The molecule has 2 aromatic heterocycles. The molecule has 0 aliphatic heterocycles. The van der Waals surface area contributed by atoms with Crippen molar-refractivity contribution in [2.45, 2.75) is 6.92 Å². The molecule has 0 saturated heterocycles. The van der Waals surface area contributed by atoms with Crippen LogP contribution in [-0.2, 0) is 4.79 Å². The van der Waals surface area contributed by atoms with Crippen LogP contribution in [0.25, 0.3) is 16.3 Å². The number of hydrogen-bond acceptors (Lipinski definition) is 6. The molecule has 0 fully saturated rings. The molecule has 3 aromatic rings. The lowest BCUT2D eigenvalue weighted by atomic mass is 10.3. The number of thiophene rings is 1. The smallest absolute Gasteiger partial charge is 0.252 e. The number of amides is 1. The van der Waals surface area contributed by atoms with Gasteiger partial charge >= 0.3 is 0 Å². The Labute approximate surface area is 179 Å². The number of anilines is 1. The Morgan fingerprint density at radius 1 is 1.21 bits per heavy atom. The third kappa shape index (κ3) is 5.54. The van der Waals surface area contributed by atoms with Gasteiger partial charge in [0.2, 0.25) is 0 Å². The van der Waals surface area contributed by atoms with Crippen molar-refractivity contribution in [3.8, 4) is 5.75 Å². The lowest BCUT2D eigenvalue weighted by Crippen LogP contribution is -2.35. The van der Waals surface area contributed by atoms with Crippen molar-refractivity contribution in [2.24, 2.45) is 0 Å². The van der Waals surface area contributed by atoms with E-state index in [1.807, 2.05) is 62.8 Å². The topological polar surface area (TPSA) is 45.7 Å². The van der Waals surface area contributed by atoms with Gasteiger partial charge in [0.05, 0.1) is 11.3 Å². The summed E-state index contributed by atoms with van der Waals surface area (Å²) in [6, 6.07) is 9.84. The zero-order chi connectivity index (χ0) is 19.2. The van der Waals surface area contributed by atoms with E-state index in [-0.39, 0.29) is 18.3 Å². The fourth-order valence-electron chi connectivity index (χ4n) is 2.53. The molecule has 3 rings (SSSR count). The van der Waals surface area contributed by atoms with Crippen LogP contribution in [0.2, 0.25) is 0 Å². The number of benzene rings is 1. The van der Waals surface area contributed by atoms with Gasteiger partial charge in [-0.3, -0.25) is 9.69 Å². The summed E-state index contributed by atoms with van der Waals surface area (Å²) in [5.41, 5.74) is 0.809. The molecule has 1 aromatic carbocycles. The van der Waals surface area contributed by atoms with E-state index in [4.69, 9.17) is 9.72 Å². The van der Waals surface area contributed by atoms with E-state index in [1.54, 1.807) is 22.3 Å². The second-order valence-electron chi connectivity index (χ2n) is 6.17. The number of ether oxygens (including phenoxy) is 1. The van der Waals surface area contributed by atoms with Crippen molar-refractivity contribution in [1.29, 1.82) is 0 Å². The molecule has 0 radical (unpaired) electrons. The molecule has 0 unspecified atom stereocenters. The minimum atomic E-state index is -0.0673. The summed E-state index contributed by atoms with van der Waals surface area (Å²) in [7, 11) is 3.99. The van der Waals surface area contributed by atoms with Gasteiger partial charge in [0.1, 0.15) is 11.3 Å². The predicted molar refractivity (Wildman–Crippen MR) is 122 cm³/mol. The van der Waals surface area contributed by atoms with Crippen molar-refractivity contribution < 1.29 is 9.53 Å². The minimum Gasteiger partial charge on any atom is -0.492 e. The van der Waals surface area contributed by atoms with Crippen LogP contribution < -0.4 is 9.64 Å². The summed E-state index contributed by atoms with van der Waals surface area (Å²) in [4.78, 5) is 22.5. The number of carbonyl (C=O) groups excluding carboxylic acids is 1. The summed E-state index contributed by atoms with van der Waals surface area (Å²) in [5, 5.41) is 2.69. The standard InChI is InChI=1S/C20H23N3O2S2.ClH/c1-4-25-16-8-5-9-17-19(16)21-20(27-17)23(13-12-22(2)3)18(24)11-10-15-7-6-14-26-15;/h5-11,14H,4,12-13H2,1-3H3;1H/b11-10+;. The molecule has 0 aliphatic rings. The third-order valence-electron chi connectivity index (χ3n) is 3.87. The van der Waals surface area contributed by atoms with E-state index >= 15 is 0 Å². The van der Waals surface area contributed by atoms with Crippen molar-refractivity contribution in [3.63, 3.8) is 0 Å². The Hall–Kier alpha value is -1.93. The van der Waals surface area contributed by atoms with Gasteiger partial charge in [-0.1, -0.05) is 23.5 Å². The quantitative estimate of drug-likeness (QED) is 0.475. The van der Waals surface area contributed by atoms with E-state index in [0.717, 1.165) is 27.4 Å². The van der Waals surface area contributed by atoms with Crippen LogP contribution >= 0.6 is 35.1 Å². The average molecular weight is 438 g/mol. The molecular weight excluding hydrogens is 414 g/mol. The molecule has 150 valence electrons. The number of nitrogens with zero attached hydrogens (tertiary/aromatic N) is 3. The van der Waals surface area contributed by atoms with Gasteiger partial charge in [-0.05, 0) is 50.7 Å². The maximum absolute atomic E-state index is 12.9. The number of carbonyl (C=O) groups is 1. The van der Waals surface area contributed by atoms with Crippen LogP contribution in [0.4, 0.5) is 5.13 Å². The molecule has 0 aliphatic carbocycles. The molecule has 1 amide bonds. The molecule has 0 atom stereocenters. The van der Waals surface area contributed by atoms with Crippen LogP contribution in [0.1, 0.15) is 11.8 Å². The highest BCUT2D eigenvalue weighted by Crippen LogP contribution is 2.34. The van der Waals surface area contributed by atoms with Crippen molar-refractivity contribution >= 4 is 62.4 Å². The molecule has 0 spiro atoms. The second kappa shape index (κ2) is 10.6. The number of aromatic nitrogens is 1. The summed E-state index contributed by atoms with van der Waals surface area (Å²) in [5.74, 6) is 0.689. The molecule has 0 N–H and O–H groups in total. The summed E-state index contributed by atoms with van der Waals surface area (Å²) in [6.07, 6.45) is 3.48. The number of thiazole rings is 1. The number of para-hydroxylation sites is 1. The van der Waals surface area contributed by atoms with Crippen LogP contribution in [0.3, 0.4) is 0 Å². The first-order chi connectivity index (χ1) is 13.1. The summed E-state index contributed by atoms with van der Waals surface area (Å²) >= 11 is 3.12. The average Bonchev–Trinajstić information content (AvgIpc) is 3.30. The fraction of sp³-hybridized carbons (Fsp3) is 0.300. The number of rotatable bonds is 8. The summed E-state index contributed by atoms with van der Waals surface area (Å²) in [6.45, 7) is 3.87. The Bertz CT molecular complexity index is 923. The number of hydrogen-bond donors (Lipinski definition) is 0. The monoisotopic (exact) mass is 437 g/mol. The maximum Gasteiger partial charge on any atom is 0.252 e. The SMILES string of the molecule is CCOc1cccc2sc(N(CCN(C)C)C(=O)/C=C/c3cccs3)nc12.Cl. The maximum atomic E-state index is 12.9. The summed E-state index contributed by atoms with van der Waals surface area (Å²) < 4.78 is 6.70. The van der Waals surface area contributed by atoms with Gasteiger partial charge in [-0.2, -0.15) is 0 Å².